The molecule has 0 atom stereocenters. The molecule has 0 saturated carbocycles. The second-order valence-corrected chi connectivity index (χ2v) is 7.11. The van der Waals surface area contributed by atoms with E-state index in [0.717, 1.165) is 0 Å². The summed E-state index contributed by atoms with van der Waals surface area (Å²) in [5.41, 5.74) is 1.74. The molecule has 0 unspecified atom stereocenters. The van der Waals surface area contributed by atoms with E-state index < -0.39 is 11.8 Å². The van der Waals surface area contributed by atoms with Crippen LogP contribution in [-0.4, -0.2) is 24.2 Å². The minimum Gasteiger partial charge on any atom is -0.872 e. The van der Waals surface area contributed by atoms with Crippen LogP contribution >= 0.6 is 0 Å². The van der Waals surface area contributed by atoms with E-state index in [2.05, 4.69) is 20.4 Å². The molecule has 0 fully saturated rings. The molecule has 4 aromatic rings. The fraction of sp³-hybridized carbons (Fsp3) is 0. The van der Waals surface area contributed by atoms with Crippen LogP contribution in [-0.2, 0) is 21.7 Å². The molecule has 37 heavy (non-hydrogen) atoms. The summed E-state index contributed by atoms with van der Waals surface area (Å²) in [5, 5.41) is 60.1. The van der Waals surface area contributed by atoms with Crippen LogP contribution in [0.2, 0.25) is 0 Å². The second-order valence-electron chi connectivity index (χ2n) is 7.11. The van der Waals surface area contributed by atoms with Gasteiger partial charge in [-0.3, -0.25) is 0 Å². The standard InChI is InChI=1S/2C14H12N2O2.Ti/c2*17-13-9-5-4-8-12(13)10-15-16-14(18)11-6-2-1-3-7-11;/h2*1-10,17H,(H,16,18);/q;;+4/p-4/b2*15-10+;. The largest absolute Gasteiger partial charge is 4.00 e. The summed E-state index contributed by atoms with van der Waals surface area (Å²) < 4.78 is 0. The normalized spacial score (nSPS) is 11.6. The molecule has 0 radical (unpaired) electrons. The summed E-state index contributed by atoms with van der Waals surface area (Å²) in [6, 6.07) is 30.1. The van der Waals surface area contributed by atoms with Gasteiger partial charge in [-0.15, -0.1) is 0 Å². The number of rotatable bonds is 6. The summed E-state index contributed by atoms with van der Waals surface area (Å²) in [7, 11) is 0. The van der Waals surface area contributed by atoms with E-state index in [9.17, 15) is 20.4 Å². The van der Waals surface area contributed by atoms with Crippen molar-refractivity contribution < 1.29 is 42.1 Å². The van der Waals surface area contributed by atoms with E-state index in [0.29, 0.717) is 22.3 Å². The third kappa shape index (κ3) is 9.56. The molecule has 4 rings (SSSR count). The first-order valence-corrected chi connectivity index (χ1v) is 10.7. The van der Waals surface area contributed by atoms with Crippen LogP contribution in [0.5, 0.6) is 11.5 Å². The molecule has 0 aliphatic heterocycles. The Morgan fingerprint density at radius 3 is 1.16 bits per heavy atom. The molecule has 0 saturated heterocycles. The van der Waals surface area contributed by atoms with Crippen molar-refractivity contribution in [3.05, 3.63) is 131 Å². The number of hydrogen-bond donors (Lipinski definition) is 0. The quantitative estimate of drug-likeness (QED) is 0.164. The summed E-state index contributed by atoms with van der Waals surface area (Å²) in [6.45, 7) is 0. The maximum atomic E-state index is 11.6. The minimum absolute atomic E-state index is 0. The van der Waals surface area contributed by atoms with Gasteiger partial charge in [-0.1, -0.05) is 121 Å². The van der Waals surface area contributed by atoms with Crippen molar-refractivity contribution in [3.63, 3.8) is 0 Å². The van der Waals surface area contributed by atoms with Crippen molar-refractivity contribution in [2.75, 3.05) is 0 Å². The zero-order valence-electron chi connectivity index (χ0n) is 19.5. The summed E-state index contributed by atoms with van der Waals surface area (Å²) >= 11 is 0. The Morgan fingerprint density at radius 2 is 0.811 bits per heavy atom. The summed E-state index contributed by atoms with van der Waals surface area (Å²) in [4.78, 5) is 0. The Kier molecular flexibility index (Phi) is 12.0. The van der Waals surface area contributed by atoms with Crippen LogP contribution in [0.4, 0.5) is 0 Å². The van der Waals surface area contributed by atoms with Crippen molar-refractivity contribution in [2.24, 2.45) is 20.4 Å². The molecule has 0 aromatic heterocycles. The van der Waals surface area contributed by atoms with Gasteiger partial charge in [-0.25, -0.2) is 0 Å². The maximum Gasteiger partial charge on any atom is 4.00 e. The van der Waals surface area contributed by atoms with E-state index >= 15 is 0 Å². The zero-order chi connectivity index (χ0) is 25.6. The van der Waals surface area contributed by atoms with E-state index in [1.165, 1.54) is 24.6 Å². The zero-order valence-corrected chi connectivity index (χ0v) is 21.0. The van der Waals surface area contributed by atoms with Crippen LogP contribution in [0, 0.1) is 0 Å². The molecule has 0 bridgehead atoms. The molecule has 4 aromatic carbocycles. The van der Waals surface area contributed by atoms with E-state index in [1.54, 1.807) is 84.9 Å². The van der Waals surface area contributed by atoms with Crippen LogP contribution < -0.4 is 20.4 Å². The van der Waals surface area contributed by atoms with E-state index in [4.69, 9.17) is 0 Å². The minimum atomic E-state index is -0.435. The van der Waals surface area contributed by atoms with Gasteiger partial charge >= 0.3 is 21.7 Å². The molecule has 0 amide bonds. The van der Waals surface area contributed by atoms with E-state index in [1.807, 2.05) is 12.1 Å². The van der Waals surface area contributed by atoms with Crippen molar-refractivity contribution in [1.82, 2.24) is 0 Å². The molecular weight excluding hydrogens is 504 g/mol. The van der Waals surface area contributed by atoms with Gasteiger partial charge in [0.05, 0.1) is 12.4 Å². The number of para-hydroxylation sites is 2. The summed E-state index contributed by atoms with van der Waals surface area (Å²) in [6.07, 6.45) is 2.56. The fourth-order valence-corrected chi connectivity index (χ4v) is 2.74. The van der Waals surface area contributed by atoms with Crippen LogP contribution in [0.25, 0.3) is 0 Å². The van der Waals surface area contributed by atoms with Gasteiger partial charge in [-0.05, 0) is 22.3 Å². The Morgan fingerprint density at radius 1 is 0.486 bits per heavy atom. The third-order valence-electron chi connectivity index (χ3n) is 4.57. The van der Waals surface area contributed by atoms with Gasteiger partial charge in [0.1, 0.15) is 0 Å². The van der Waals surface area contributed by atoms with Gasteiger partial charge in [0.25, 0.3) is 0 Å². The molecule has 0 heterocycles. The predicted octanol–water partition coefficient (Wildman–Crippen LogP) is 1.80. The smallest absolute Gasteiger partial charge is 0.872 e. The average molecular weight is 524 g/mol. The van der Waals surface area contributed by atoms with Crippen molar-refractivity contribution in [2.45, 2.75) is 0 Å². The predicted molar refractivity (Wildman–Crippen MR) is 133 cm³/mol. The summed E-state index contributed by atoms with van der Waals surface area (Å²) in [5.74, 6) is -1.17. The molecule has 0 aliphatic carbocycles. The van der Waals surface area contributed by atoms with Crippen LogP contribution in [0.15, 0.2) is 130 Å². The molecule has 0 aliphatic rings. The van der Waals surface area contributed by atoms with E-state index in [-0.39, 0.29) is 33.2 Å². The molecule has 8 nitrogen and oxygen atoms in total. The van der Waals surface area contributed by atoms with Gasteiger partial charge in [-0.2, -0.15) is 20.4 Å². The van der Waals surface area contributed by atoms with Crippen molar-refractivity contribution >= 4 is 24.2 Å². The first kappa shape index (κ1) is 28.7. The Hall–Kier alpha value is -4.53. The number of benzene rings is 4. The van der Waals surface area contributed by atoms with Crippen LogP contribution in [0.3, 0.4) is 0 Å². The number of nitrogens with zero attached hydrogens (tertiary/aromatic N) is 4. The third-order valence-corrected chi connectivity index (χ3v) is 4.57. The Balaban J connectivity index is 0.000000253. The molecule has 180 valence electrons. The maximum absolute atomic E-state index is 11.6. The van der Waals surface area contributed by atoms with Gasteiger partial charge in [0.2, 0.25) is 0 Å². The Labute approximate surface area is 229 Å². The molecular formula is C28H20N4O4Ti. The first-order valence-electron chi connectivity index (χ1n) is 10.7. The average Bonchev–Trinajstić information content (AvgIpc) is 2.92. The SMILES string of the molecule is [O-]/C(=N\N=C\c1ccccc1[O-])c1ccccc1.[O-]/C(=N\N=C\c1ccccc1[O-])c1ccccc1.[Ti+4]. The molecule has 9 heteroatoms. The topological polar surface area (TPSA) is 142 Å². The molecule has 0 spiro atoms. The monoisotopic (exact) mass is 524 g/mol. The number of hydrogen-bond acceptors (Lipinski definition) is 8. The van der Waals surface area contributed by atoms with Gasteiger partial charge < -0.3 is 20.4 Å². The van der Waals surface area contributed by atoms with Crippen molar-refractivity contribution in [3.8, 4) is 11.5 Å². The first-order chi connectivity index (χ1) is 17.5. The fourth-order valence-electron chi connectivity index (χ4n) is 2.74. The van der Waals surface area contributed by atoms with Gasteiger partial charge in [0.15, 0.2) is 0 Å². The van der Waals surface area contributed by atoms with Crippen LogP contribution in [0.1, 0.15) is 22.3 Å². The Bertz CT molecular complexity index is 1270. The van der Waals surface area contributed by atoms with Crippen molar-refractivity contribution in [1.29, 1.82) is 0 Å². The molecule has 0 N–H and O–H groups in total. The van der Waals surface area contributed by atoms with Gasteiger partial charge in [0, 0.05) is 11.8 Å². The second kappa shape index (κ2) is 15.5.